The van der Waals surface area contributed by atoms with Crippen molar-refractivity contribution in [2.45, 2.75) is 6.04 Å². The molecule has 0 fully saturated rings. The molecule has 0 aliphatic carbocycles. The number of pyridine rings is 1. The normalized spacial score (nSPS) is 12.8. The second-order valence-electron chi connectivity index (χ2n) is 4.05. The molecule has 1 unspecified atom stereocenters. The van der Waals surface area contributed by atoms with E-state index in [2.05, 4.69) is 4.98 Å². The molecule has 0 amide bonds. The molecule has 4 heteroatoms. The summed E-state index contributed by atoms with van der Waals surface area (Å²) in [5, 5.41) is 1.39. The van der Waals surface area contributed by atoms with Gasteiger partial charge in [0.1, 0.15) is 0 Å². The molecule has 1 aromatic carbocycles. The number of benzene rings is 1. The summed E-state index contributed by atoms with van der Waals surface area (Å²) in [6.45, 7) is 0. The molecule has 0 radical (unpaired) electrons. The van der Waals surface area contributed by atoms with Crippen LogP contribution in [0.3, 0.4) is 0 Å². The molecule has 3 aromatic rings. The van der Waals surface area contributed by atoms with Gasteiger partial charge in [-0.3, -0.25) is 4.98 Å². The van der Waals surface area contributed by atoms with Crippen LogP contribution in [0.4, 0.5) is 0 Å². The van der Waals surface area contributed by atoms with Gasteiger partial charge < -0.3 is 10.2 Å². The van der Waals surface area contributed by atoms with E-state index in [4.69, 9.17) is 21.8 Å². The van der Waals surface area contributed by atoms with Crippen molar-refractivity contribution in [1.29, 1.82) is 0 Å². The molecule has 2 N–H and O–H groups in total. The molecule has 0 saturated carbocycles. The summed E-state index contributed by atoms with van der Waals surface area (Å²) in [5.41, 5.74) is 8.85. The fourth-order valence-corrected chi connectivity index (χ4v) is 2.30. The minimum atomic E-state index is -0.338. The Balaban J connectivity index is 2.18. The van der Waals surface area contributed by atoms with Gasteiger partial charge in [-0.05, 0) is 29.3 Å². The SMILES string of the molecule is NC(c1ccoc1Cl)c1cccc2cccnc12. The van der Waals surface area contributed by atoms with E-state index in [-0.39, 0.29) is 6.04 Å². The molecular weight excluding hydrogens is 248 g/mol. The number of fused-ring (bicyclic) bond motifs is 1. The number of furan rings is 1. The number of hydrogen-bond donors (Lipinski definition) is 1. The first-order valence-electron chi connectivity index (χ1n) is 5.59. The zero-order valence-electron chi connectivity index (χ0n) is 9.51. The van der Waals surface area contributed by atoms with Crippen molar-refractivity contribution in [3.05, 3.63) is 65.2 Å². The Bertz CT molecular complexity index is 688. The average molecular weight is 259 g/mol. The Morgan fingerprint density at radius 2 is 1.94 bits per heavy atom. The van der Waals surface area contributed by atoms with Crippen LogP contribution in [0.1, 0.15) is 17.2 Å². The van der Waals surface area contributed by atoms with Crippen molar-refractivity contribution in [2.75, 3.05) is 0 Å². The molecule has 0 saturated heterocycles. The van der Waals surface area contributed by atoms with E-state index in [0.717, 1.165) is 22.0 Å². The summed E-state index contributed by atoms with van der Waals surface area (Å²) in [4.78, 5) is 4.39. The maximum Gasteiger partial charge on any atom is 0.198 e. The van der Waals surface area contributed by atoms with Crippen molar-refractivity contribution in [3.8, 4) is 0 Å². The van der Waals surface area contributed by atoms with Crippen LogP contribution in [0, 0.1) is 0 Å². The number of halogens is 1. The minimum absolute atomic E-state index is 0.329. The Morgan fingerprint density at radius 1 is 1.11 bits per heavy atom. The van der Waals surface area contributed by atoms with Crippen molar-refractivity contribution >= 4 is 22.5 Å². The van der Waals surface area contributed by atoms with Crippen molar-refractivity contribution in [3.63, 3.8) is 0 Å². The highest BCUT2D eigenvalue weighted by atomic mass is 35.5. The third-order valence-electron chi connectivity index (χ3n) is 2.98. The highest BCUT2D eigenvalue weighted by Gasteiger charge is 2.17. The predicted molar refractivity (Wildman–Crippen MR) is 71.5 cm³/mol. The Morgan fingerprint density at radius 3 is 2.72 bits per heavy atom. The molecule has 2 aromatic heterocycles. The summed E-state index contributed by atoms with van der Waals surface area (Å²) in [7, 11) is 0. The first-order valence-corrected chi connectivity index (χ1v) is 5.97. The third kappa shape index (κ3) is 1.78. The van der Waals surface area contributed by atoms with E-state index in [9.17, 15) is 0 Å². The topological polar surface area (TPSA) is 52.0 Å². The molecule has 2 heterocycles. The van der Waals surface area contributed by atoms with Crippen molar-refractivity contribution in [2.24, 2.45) is 5.73 Å². The van der Waals surface area contributed by atoms with Crippen LogP contribution in [0.15, 0.2) is 53.3 Å². The Kier molecular flexibility index (Phi) is 2.78. The first-order chi connectivity index (χ1) is 8.77. The number of para-hydroxylation sites is 1. The quantitative estimate of drug-likeness (QED) is 0.765. The van der Waals surface area contributed by atoms with Crippen molar-refractivity contribution < 1.29 is 4.42 Å². The molecule has 1 atom stereocenters. The van der Waals surface area contributed by atoms with Gasteiger partial charge in [0.05, 0.1) is 17.8 Å². The molecule has 0 aliphatic rings. The van der Waals surface area contributed by atoms with Gasteiger partial charge in [-0.1, -0.05) is 24.3 Å². The lowest BCUT2D eigenvalue weighted by Gasteiger charge is -2.12. The minimum Gasteiger partial charge on any atom is -0.453 e. The Labute approximate surface area is 109 Å². The fraction of sp³-hybridized carbons (Fsp3) is 0.0714. The number of rotatable bonds is 2. The second-order valence-corrected chi connectivity index (χ2v) is 4.39. The third-order valence-corrected chi connectivity index (χ3v) is 3.29. The molecule has 0 aliphatic heterocycles. The van der Waals surface area contributed by atoms with E-state index in [1.807, 2.05) is 30.3 Å². The molecule has 90 valence electrons. The zero-order chi connectivity index (χ0) is 12.5. The van der Waals surface area contributed by atoms with Gasteiger partial charge in [-0.25, -0.2) is 0 Å². The van der Waals surface area contributed by atoms with Crippen LogP contribution in [-0.2, 0) is 0 Å². The molecule has 3 nitrogen and oxygen atoms in total. The number of nitrogens with zero attached hydrogens (tertiary/aromatic N) is 1. The maximum atomic E-state index is 6.24. The molecule has 0 bridgehead atoms. The number of aromatic nitrogens is 1. The predicted octanol–water partition coefficient (Wildman–Crippen LogP) is 3.53. The average Bonchev–Trinajstić information content (AvgIpc) is 2.83. The largest absolute Gasteiger partial charge is 0.453 e. The molecule has 3 rings (SSSR count). The standard InChI is InChI=1S/C14H11ClN2O/c15-14-11(6-8-18-14)12(16)10-5-1-3-9-4-2-7-17-13(9)10/h1-8,12H,16H2. The van der Waals surface area contributed by atoms with Gasteiger partial charge >= 0.3 is 0 Å². The van der Waals surface area contributed by atoms with Crippen LogP contribution in [0.5, 0.6) is 0 Å². The van der Waals surface area contributed by atoms with Crippen LogP contribution >= 0.6 is 11.6 Å². The van der Waals surface area contributed by atoms with Gasteiger partial charge in [0.25, 0.3) is 0 Å². The van der Waals surface area contributed by atoms with E-state index in [1.165, 1.54) is 6.26 Å². The van der Waals surface area contributed by atoms with Crippen LogP contribution in [-0.4, -0.2) is 4.98 Å². The zero-order valence-corrected chi connectivity index (χ0v) is 10.3. The van der Waals surface area contributed by atoms with Gasteiger partial charge in [0.15, 0.2) is 5.22 Å². The lowest BCUT2D eigenvalue weighted by Crippen LogP contribution is -2.12. The van der Waals surface area contributed by atoms with Gasteiger partial charge in [0.2, 0.25) is 0 Å². The summed E-state index contributed by atoms with van der Waals surface area (Å²) in [6, 6.07) is 11.3. The summed E-state index contributed by atoms with van der Waals surface area (Å²) in [6.07, 6.45) is 3.30. The lowest BCUT2D eigenvalue weighted by atomic mass is 9.99. The van der Waals surface area contributed by atoms with Crippen LogP contribution in [0.2, 0.25) is 5.22 Å². The highest BCUT2D eigenvalue weighted by molar-refractivity contribution is 6.29. The van der Waals surface area contributed by atoms with Gasteiger partial charge in [-0.15, -0.1) is 0 Å². The van der Waals surface area contributed by atoms with Gasteiger partial charge in [-0.2, -0.15) is 0 Å². The fourth-order valence-electron chi connectivity index (χ4n) is 2.07. The summed E-state index contributed by atoms with van der Waals surface area (Å²) < 4.78 is 5.08. The molecule has 0 spiro atoms. The molecule has 18 heavy (non-hydrogen) atoms. The van der Waals surface area contributed by atoms with Crippen molar-refractivity contribution in [1.82, 2.24) is 4.98 Å². The summed E-state index contributed by atoms with van der Waals surface area (Å²) >= 11 is 5.97. The number of nitrogens with two attached hydrogens (primary N) is 1. The van der Waals surface area contributed by atoms with Crippen LogP contribution in [0.25, 0.3) is 10.9 Å². The van der Waals surface area contributed by atoms with Gasteiger partial charge in [0, 0.05) is 17.1 Å². The van der Waals surface area contributed by atoms with E-state index >= 15 is 0 Å². The monoisotopic (exact) mass is 258 g/mol. The Hall–Kier alpha value is -1.84. The second kappa shape index (κ2) is 4.44. The number of hydrogen-bond acceptors (Lipinski definition) is 3. The summed E-state index contributed by atoms with van der Waals surface area (Å²) in [5.74, 6) is 0. The first kappa shape index (κ1) is 11.3. The van der Waals surface area contributed by atoms with E-state index in [1.54, 1.807) is 12.3 Å². The lowest BCUT2D eigenvalue weighted by molar-refractivity contribution is 0.564. The smallest absolute Gasteiger partial charge is 0.198 e. The molecular formula is C14H11ClN2O. The van der Waals surface area contributed by atoms with Crippen LogP contribution < -0.4 is 5.73 Å². The van der Waals surface area contributed by atoms with E-state index in [0.29, 0.717) is 5.22 Å². The van der Waals surface area contributed by atoms with E-state index < -0.39 is 0 Å². The maximum absolute atomic E-state index is 6.24. The highest BCUT2D eigenvalue weighted by Crippen LogP contribution is 2.30.